The van der Waals surface area contributed by atoms with Crippen LogP contribution < -0.4 is 10.3 Å². The molecule has 1 fully saturated rings. The number of hydrogen-bond donors (Lipinski definition) is 1. The van der Waals surface area contributed by atoms with E-state index in [9.17, 15) is 0 Å². The van der Waals surface area contributed by atoms with Gasteiger partial charge in [0.2, 0.25) is 0 Å². The maximum atomic E-state index is 5.54. The molecule has 0 saturated carbocycles. The third-order valence-corrected chi connectivity index (χ3v) is 6.59. The molecule has 1 N–H and O–H groups in total. The maximum Gasteiger partial charge on any atom is 0.160 e. The van der Waals surface area contributed by atoms with Crippen LogP contribution in [-0.4, -0.2) is 52.1 Å². The number of benzene rings is 1. The quantitative estimate of drug-likeness (QED) is 0.315. The van der Waals surface area contributed by atoms with Crippen LogP contribution in [0.1, 0.15) is 4.88 Å². The highest BCUT2D eigenvalue weighted by atomic mass is 32.1. The lowest BCUT2D eigenvalue weighted by Crippen LogP contribution is -2.37. The highest BCUT2D eigenvalue weighted by Gasteiger charge is 2.18. The van der Waals surface area contributed by atoms with Crippen molar-refractivity contribution in [3.63, 3.8) is 0 Å². The Morgan fingerprint density at radius 2 is 1.88 bits per heavy atom. The SMILES string of the molecule is C(=N\Nc1cc(N2CCOCC2)n2nc(-c3ccncc3)cc2n1)/c1cc2ccccc2s1. The van der Waals surface area contributed by atoms with E-state index >= 15 is 0 Å². The van der Waals surface area contributed by atoms with Crippen molar-refractivity contribution in [2.24, 2.45) is 5.10 Å². The first-order valence-corrected chi connectivity index (χ1v) is 11.6. The molecule has 5 aromatic rings. The van der Waals surface area contributed by atoms with Crippen LogP contribution in [0.15, 0.2) is 72.1 Å². The normalized spacial score (nSPS) is 14.5. The average Bonchev–Trinajstić information content (AvgIpc) is 3.48. The topological polar surface area (TPSA) is 79.9 Å². The van der Waals surface area contributed by atoms with Crippen LogP contribution >= 0.6 is 11.3 Å². The first-order chi connectivity index (χ1) is 16.3. The van der Waals surface area contributed by atoms with E-state index in [-0.39, 0.29) is 0 Å². The van der Waals surface area contributed by atoms with Gasteiger partial charge in [-0.1, -0.05) is 18.2 Å². The Morgan fingerprint density at radius 1 is 1.03 bits per heavy atom. The van der Waals surface area contributed by atoms with Crippen molar-refractivity contribution in [3.8, 4) is 11.3 Å². The largest absolute Gasteiger partial charge is 0.378 e. The van der Waals surface area contributed by atoms with E-state index in [0.29, 0.717) is 19.0 Å². The number of thiophene rings is 1. The number of aromatic nitrogens is 4. The fourth-order valence-electron chi connectivity index (χ4n) is 3.93. The lowest BCUT2D eigenvalue weighted by molar-refractivity contribution is 0.122. The van der Waals surface area contributed by atoms with Crippen LogP contribution in [0.5, 0.6) is 0 Å². The molecule has 1 aliphatic heterocycles. The highest BCUT2D eigenvalue weighted by molar-refractivity contribution is 7.20. The monoisotopic (exact) mass is 455 g/mol. The van der Waals surface area contributed by atoms with E-state index in [2.05, 4.69) is 44.7 Å². The molecule has 0 amide bonds. The van der Waals surface area contributed by atoms with E-state index in [1.165, 1.54) is 10.1 Å². The minimum Gasteiger partial charge on any atom is -0.378 e. The molecule has 0 unspecified atom stereocenters. The van der Waals surface area contributed by atoms with Gasteiger partial charge in [0.1, 0.15) is 5.82 Å². The molecule has 8 nitrogen and oxygen atoms in total. The molecule has 1 aromatic carbocycles. The minimum atomic E-state index is 0.669. The molecule has 0 aliphatic carbocycles. The molecular formula is C24H21N7OS. The second-order valence-corrected chi connectivity index (χ2v) is 8.81. The highest BCUT2D eigenvalue weighted by Crippen LogP contribution is 2.26. The van der Waals surface area contributed by atoms with Gasteiger partial charge < -0.3 is 9.64 Å². The van der Waals surface area contributed by atoms with Gasteiger partial charge in [-0.25, -0.2) is 4.98 Å². The number of hydrogen-bond acceptors (Lipinski definition) is 8. The van der Waals surface area contributed by atoms with Gasteiger partial charge in [-0.2, -0.15) is 14.7 Å². The number of nitrogens with one attached hydrogen (secondary N) is 1. The molecule has 5 heterocycles. The first kappa shape index (κ1) is 19.8. The summed E-state index contributed by atoms with van der Waals surface area (Å²) in [6.45, 7) is 2.98. The van der Waals surface area contributed by atoms with Crippen LogP contribution in [0.25, 0.3) is 27.0 Å². The van der Waals surface area contributed by atoms with Gasteiger partial charge in [-0.15, -0.1) is 11.3 Å². The van der Waals surface area contributed by atoms with Crippen molar-refractivity contribution in [2.45, 2.75) is 0 Å². The predicted molar refractivity (Wildman–Crippen MR) is 132 cm³/mol. The van der Waals surface area contributed by atoms with E-state index in [4.69, 9.17) is 14.8 Å². The van der Waals surface area contributed by atoms with Crippen LogP contribution in [0, 0.1) is 0 Å². The molecular weight excluding hydrogens is 434 g/mol. The molecule has 0 atom stereocenters. The summed E-state index contributed by atoms with van der Waals surface area (Å²) >= 11 is 1.71. The summed E-state index contributed by atoms with van der Waals surface area (Å²) in [6, 6.07) is 18.3. The van der Waals surface area contributed by atoms with Crippen molar-refractivity contribution in [3.05, 3.63) is 71.9 Å². The van der Waals surface area contributed by atoms with Crippen molar-refractivity contribution in [1.82, 2.24) is 19.6 Å². The smallest absolute Gasteiger partial charge is 0.160 e. The molecule has 1 saturated heterocycles. The summed E-state index contributed by atoms with van der Waals surface area (Å²) < 4.78 is 8.68. The Labute approximate surface area is 194 Å². The lowest BCUT2D eigenvalue weighted by Gasteiger charge is -2.29. The second-order valence-electron chi connectivity index (χ2n) is 7.69. The van der Waals surface area contributed by atoms with Crippen LogP contribution in [0.2, 0.25) is 0 Å². The second kappa shape index (κ2) is 8.61. The van der Waals surface area contributed by atoms with Gasteiger partial charge >= 0.3 is 0 Å². The summed E-state index contributed by atoms with van der Waals surface area (Å²) in [5, 5.41) is 10.5. The number of fused-ring (bicyclic) bond motifs is 2. The molecule has 4 aromatic heterocycles. The molecule has 164 valence electrons. The Morgan fingerprint density at radius 3 is 2.73 bits per heavy atom. The Balaban J connectivity index is 1.34. The zero-order chi connectivity index (χ0) is 22.0. The number of hydrazone groups is 1. The fourth-order valence-corrected chi connectivity index (χ4v) is 4.86. The van der Waals surface area contributed by atoms with Crippen molar-refractivity contribution in [1.29, 1.82) is 0 Å². The summed E-state index contributed by atoms with van der Waals surface area (Å²) in [5.41, 5.74) is 5.72. The third kappa shape index (κ3) is 4.04. The Kier molecular flexibility index (Phi) is 5.17. The van der Waals surface area contributed by atoms with Gasteiger partial charge in [-0.05, 0) is 29.7 Å². The zero-order valence-electron chi connectivity index (χ0n) is 17.8. The number of morpholine rings is 1. The van der Waals surface area contributed by atoms with E-state index in [1.54, 1.807) is 23.7 Å². The Bertz CT molecular complexity index is 1400. The van der Waals surface area contributed by atoms with Crippen LogP contribution in [0.3, 0.4) is 0 Å². The summed E-state index contributed by atoms with van der Waals surface area (Å²) in [6.07, 6.45) is 5.38. The Hall–Kier alpha value is -3.82. The predicted octanol–water partition coefficient (Wildman–Crippen LogP) is 4.29. The lowest BCUT2D eigenvalue weighted by atomic mass is 10.2. The summed E-state index contributed by atoms with van der Waals surface area (Å²) in [7, 11) is 0. The molecule has 0 spiro atoms. The molecule has 33 heavy (non-hydrogen) atoms. The van der Waals surface area contributed by atoms with Crippen LogP contribution in [-0.2, 0) is 4.74 Å². The molecule has 0 bridgehead atoms. The molecule has 6 rings (SSSR count). The van der Waals surface area contributed by atoms with E-state index in [1.807, 2.05) is 41.1 Å². The van der Waals surface area contributed by atoms with Gasteiger partial charge in [0, 0.05) is 52.8 Å². The van der Waals surface area contributed by atoms with Gasteiger partial charge in [0.15, 0.2) is 11.5 Å². The number of rotatable bonds is 5. The van der Waals surface area contributed by atoms with E-state index in [0.717, 1.165) is 40.7 Å². The molecule has 9 heteroatoms. The van der Waals surface area contributed by atoms with E-state index < -0.39 is 0 Å². The fraction of sp³-hybridized carbons (Fsp3) is 0.167. The van der Waals surface area contributed by atoms with Gasteiger partial charge in [-0.3, -0.25) is 10.4 Å². The number of pyridine rings is 1. The maximum absolute atomic E-state index is 5.54. The van der Waals surface area contributed by atoms with Gasteiger partial charge in [0.05, 0.1) is 25.1 Å². The van der Waals surface area contributed by atoms with Crippen molar-refractivity contribution < 1.29 is 4.74 Å². The number of ether oxygens (including phenoxy) is 1. The first-order valence-electron chi connectivity index (χ1n) is 10.7. The molecule has 0 radical (unpaired) electrons. The van der Waals surface area contributed by atoms with Gasteiger partial charge in [0.25, 0.3) is 0 Å². The standard InChI is InChI=1S/C24H21N7OS/c1-2-4-21-18(3-1)13-19(33-21)16-26-28-22-15-24(30-9-11-32-12-10-30)31-23(27-22)14-20(29-31)17-5-7-25-8-6-17/h1-8,13-16H,9-12H2,(H,27,28)/b26-16+. The average molecular weight is 456 g/mol. The summed E-state index contributed by atoms with van der Waals surface area (Å²) in [4.78, 5) is 12.2. The minimum absolute atomic E-state index is 0.669. The zero-order valence-corrected chi connectivity index (χ0v) is 18.6. The van der Waals surface area contributed by atoms with Crippen LogP contribution in [0.4, 0.5) is 11.6 Å². The molecule has 1 aliphatic rings. The number of anilines is 2. The van der Waals surface area contributed by atoms with Crippen molar-refractivity contribution >= 4 is 44.9 Å². The number of nitrogens with zero attached hydrogens (tertiary/aromatic N) is 6. The third-order valence-electron chi connectivity index (χ3n) is 5.54. The summed E-state index contributed by atoms with van der Waals surface area (Å²) in [5.74, 6) is 1.63. The van der Waals surface area contributed by atoms with Crippen molar-refractivity contribution in [2.75, 3.05) is 36.6 Å².